The van der Waals surface area contributed by atoms with E-state index in [1.165, 1.54) is 0 Å². The molecule has 3 aromatic carbocycles. The van der Waals surface area contributed by atoms with Crippen molar-refractivity contribution in [1.82, 2.24) is 14.3 Å². The van der Waals surface area contributed by atoms with Crippen LogP contribution in [0.3, 0.4) is 0 Å². The van der Waals surface area contributed by atoms with Crippen LogP contribution >= 0.6 is 0 Å². The Kier molecular flexibility index (Phi) is 6.61. The molecule has 3 heterocycles. The van der Waals surface area contributed by atoms with Crippen molar-refractivity contribution in [3.8, 4) is 16.9 Å². The average Bonchev–Trinajstić information content (AvgIpc) is 3.39. The summed E-state index contributed by atoms with van der Waals surface area (Å²) >= 11 is 0. The fraction of sp³-hybridized carbons (Fsp3) is 0.312. The molecule has 0 atom stereocenters. The first-order valence-corrected chi connectivity index (χ1v) is 13.5. The predicted octanol–water partition coefficient (Wildman–Crippen LogP) is 6.44. The number of aryl methyl sites for hydroxylation is 5. The van der Waals surface area contributed by atoms with E-state index in [1.807, 2.05) is 47.5 Å². The number of carboxylic acid groups (broad SMARTS) is 1. The van der Waals surface area contributed by atoms with Crippen LogP contribution in [0.2, 0.25) is 0 Å². The summed E-state index contributed by atoms with van der Waals surface area (Å²) in [5.74, 6) is -0.0502. The summed E-state index contributed by atoms with van der Waals surface area (Å²) in [6, 6.07) is 18.4. The van der Waals surface area contributed by atoms with E-state index < -0.39 is 5.97 Å². The number of benzene rings is 3. The smallest absolute Gasteiger partial charge is 0.352 e. The molecule has 39 heavy (non-hydrogen) atoms. The highest BCUT2D eigenvalue weighted by Gasteiger charge is 2.28. The number of hydrogen-bond acceptors (Lipinski definition) is 4. The largest absolute Gasteiger partial charge is 0.493 e. The standard InChI is InChI=1S/C32H33N3O4/c1-20-14-15-25-24(12-7-18-39-27-13-6-10-22-9-4-5-11-23(22)27)31(32(36)37)35-16-8-17-38-19-26-29(28(20)30(25)35)21(2)33-34(26)3/h4-6,9-11,13-15H,7-8,12,16-19H2,1-3H3,(H,36,37). The first-order valence-electron chi connectivity index (χ1n) is 13.5. The molecule has 0 fully saturated rings. The van der Waals surface area contributed by atoms with Crippen LogP contribution in [0.4, 0.5) is 0 Å². The van der Waals surface area contributed by atoms with Gasteiger partial charge in [0.25, 0.3) is 0 Å². The molecule has 1 aliphatic rings. The fourth-order valence-corrected chi connectivity index (χ4v) is 6.10. The minimum absolute atomic E-state index is 0.366. The molecule has 0 unspecified atom stereocenters. The molecule has 5 aromatic rings. The highest BCUT2D eigenvalue weighted by molar-refractivity contribution is 6.05. The maximum absolute atomic E-state index is 12.8. The predicted molar refractivity (Wildman–Crippen MR) is 153 cm³/mol. The van der Waals surface area contributed by atoms with Crippen molar-refractivity contribution in [2.75, 3.05) is 13.2 Å². The van der Waals surface area contributed by atoms with Crippen molar-refractivity contribution in [2.45, 2.75) is 46.3 Å². The lowest BCUT2D eigenvalue weighted by Gasteiger charge is -2.17. The molecule has 6 rings (SSSR count). The van der Waals surface area contributed by atoms with E-state index in [9.17, 15) is 9.90 Å². The normalized spacial score (nSPS) is 13.5. The minimum Gasteiger partial charge on any atom is -0.493 e. The van der Waals surface area contributed by atoms with Gasteiger partial charge in [0.05, 0.1) is 30.1 Å². The third-order valence-corrected chi connectivity index (χ3v) is 7.82. The lowest BCUT2D eigenvalue weighted by molar-refractivity contribution is 0.0681. The van der Waals surface area contributed by atoms with Crippen molar-refractivity contribution in [1.29, 1.82) is 0 Å². The number of carboxylic acids is 1. The van der Waals surface area contributed by atoms with Gasteiger partial charge in [-0.1, -0.05) is 48.5 Å². The van der Waals surface area contributed by atoms with Crippen LogP contribution in [0, 0.1) is 13.8 Å². The molecule has 0 bridgehead atoms. The van der Waals surface area contributed by atoms with Crippen LogP contribution in [0.5, 0.6) is 5.75 Å². The van der Waals surface area contributed by atoms with Crippen LogP contribution < -0.4 is 4.74 Å². The van der Waals surface area contributed by atoms with Gasteiger partial charge in [-0.3, -0.25) is 4.68 Å². The van der Waals surface area contributed by atoms with E-state index in [0.717, 1.165) is 67.5 Å². The summed E-state index contributed by atoms with van der Waals surface area (Å²) in [6.07, 6.45) is 2.03. The molecule has 0 aliphatic carbocycles. The quantitative estimate of drug-likeness (QED) is 0.259. The number of hydrogen-bond donors (Lipinski definition) is 1. The van der Waals surface area contributed by atoms with Gasteiger partial charge < -0.3 is 19.1 Å². The van der Waals surface area contributed by atoms with Crippen molar-refractivity contribution >= 4 is 27.6 Å². The van der Waals surface area contributed by atoms with E-state index in [0.29, 0.717) is 44.9 Å². The number of rotatable bonds is 6. The van der Waals surface area contributed by atoms with Crippen LogP contribution in [0.25, 0.3) is 32.8 Å². The SMILES string of the molecule is Cc1ccc2c(CCCOc3cccc4ccccc34)c(C(=O)O)n3c2c1-c1c(C)nn(C)c1COCCC3. The Bertz CT molecular complexity index is 1710. The van der Waals surface area contributed by atoms with Gasteiger partial charge in [-0.2, -0.15) is 5.10 Å². The topological polar surface area (TPSA) is 78.5 Å². The Balaban J connectivity index is 1.42. The Hall–Kier alpha value is -4.10. The highest BCUT2D eigenvalue weighted by Crippen LogP contribution is 2.41. The maximum Gasteiger partial charge on any atom is 0.352 e. The van der Waals surface area contributed by atoms with Crippen molar-refractivity contribution in [3.05, 3.63) is 82.8 Å². The van der Waals surface area contributed by atoms with Gasteiger partial charge in [0.2, 0.25) is 0 Å². The van der Waals surface area contributed by atoms with E-state index in [1.54, 1.807) is 0 Å². The Morgan fingerprint density at radius 3 is 2.72 bits per heavy atom. The Morgan fingerprint density at radius 2 is 1.87 bits per heavy atom. The third kappa shape index (κ3) is 4.36. The molecule has 0 radical (unpaired) electrons. The summed E-state index contributed by atoms with van der Waals surface area (Å²) < 4.78 is 16.1. The van der Waals surface area contributed by atoms with Crippen LogP contribution in [-0.2, 0) is 31.4 Å². The van der Waals surface area contributed by atoms with Crippen molar-refractivity contribution < 1.29 is 19.4 Å². The summed E-state index contributed by atoms with van der Waals surface area (Å²) in [5, 5.41) is 18.4. The molecule has 0 saturated carbocycles. The zero-order valence-corrected chi connectivity index (χ0v) is 22.7. The van der Waals surface area contributed by atoms with Crippen LogP contribution in [0.1, 0.15) is 45.8 Å². The van der Waals surface area contributed by atoms with Crippen molar-refractivity contribution in [3.63, 3.8) is 0 Å². The second-order valence-electron chi connectivity index (χ2n) is 10.3. The molecule has 1 N–H and O–H groups in total. The Morgan fingerprint density at radius 1 is 1.05 bits per heavy atom. The summed E-state index contributed by atoms with van der Waals surface area (Å²) in [6.45, 7) is 6.21. The second kappa shape index (κ2) is 10.2. The summed E-state index contributed by atoms with van der Waals surface area (Å²) in [5.41, 5.74) is 7.35. The van der Waals surface area contributed by atoms with Gasteiger partial charge in [-0.15, -0.1) is 0 Å². The number of aromatic carboxylic acids is 1. The maximum atomic E-state index is 12.8. The van der Waals surface area contributed by atoms with Gasteiger partial charge in [0, 0.05) is 42.1 Å². The van der Waals surface area contributed by atoms with E-state index in [2.05, 4.69) is 37.3 Å². The van der Waals surface area contributed by atoms with Crippen LogP contribution in [-0.4, -0.2) is 38.6 Å². The van der Waals surface area contributed by atoms with Gasteiger partial charge in [0.1, 0.15) is 11.4 Å². The monoisotopic (exact) mass is 523 g/mol. The first kappa shape index (κ1) is 25.2. The number of nitrogens with zero attached hydrogens (tertiary/aromatic N) is 3. The highest BCUT2D eigenvalue weighted by atomic mass is 16.5. The zero-order chi connectivity index (χ0) is 27.1. The van der Waals surface area contributed by atoms with E-state index >= 15 is 0 Å². The molecule has 7 heteroatoms. The fourth-order valence-electron chi connectivity index (χ4n) is 6.10. The van der Waals surface area contributed by atoms with Crippen molar-refractivity contribution in [2.24, 2.45) is 7.05 Å². The molecular weight excluding hydrogens is 490 g/mol. The molecular formula is C32H33N3O4. The third-order valence-electron chi connectivity index (χ3n) is 7.82. The summed E-state index contributed by atoms with van der Waals surface area (Å²) in [7, 11) is 1.94. The van der Waals surface area contributed by atoms with Gasteiger partial charge >= 0.3 is 5.97 Å². The lowest BCUT2D eigenvalue weighted by atomic mass is 9.94. The van der Waals surface area contributed by atoms with Gasteiger partial charge in [0.15, 0.2) is 0 Å². The average molecular weight is 524 g/mol. The lowest BCUT2D eigenvalue weighted by Crippen LogP contribution is -2.14. The molecule has 2 aromatic heterocycles. The first-order chi connectivity index (χ1) is 19.0. The molecule has 7 nitrogen and oxygen atoms in total. The van der Waals surface area contributed by atoms with E-state index in [4.69, 9.17) is 14.6 Å². The summed E-state index contributed by atoms with van der Waals surface area (Å²) in [4.78, 5) is 12.8. The number of carbonyl (C=O) groups is 1. The van der Waals surface area contributed by atoms with Gasteiger partial charge in [-0.25, -0.2) is 4.79 Å². The Labute approximate surface area is 227 Å². The van der Waals surface area contributed by atoms with Crippen LogP contribution in [0.15, 0.2) is 54.6 Å². The minimum atomic E-state index is -0.902. The molecule has 200 valence electrons. The molecule has 0 amide bonds. The number of aromatic nitrogens is 3. The molecule has 1 aliphatic heterocycles. The number of fused-ring (bicyclic) bond motifs is 3. The molecule has 0 spiro atoms. The van der Waals surface area contributed by atoms with E-state index in [-0.39, 0.29) is 0 Å². The molecule has 0 saturated heterocycles. The number of ether oxygens (including phenoxy) is 2. The second-order valence-corrected chi connectivity index (χ2v) is 10.3. The zero-order valence-electron chi connectivity index (χ0n) is 22.7. The van der Waals surface area contributed by atoms with Gasteiger partial charge in [-0.05, 0) is 55.7 Å².